The molecule has 1 rings (SSSR count). The van der Waals surface area contributed by atoms with E-state index in [9.17, 15) is 0 Å². The molecule has 1 aliphatic rings. The van der Waals surface area contributed by atoms with Gasteiger partial charge in [-0.1, -0.05) is 13.8 Å². The van der Waals surface area contributed by atoms with Crippen LogP contribution in [0.3, 0.4) is 0 Å². The van der Waals surface area contributed by atoms with Crippen molar-refractivity contribution in [3.63, 3.8) is 0 Å². The first-order chi connectivity index (χ1) is 4.74. The number of hydrogen-bond acceptors (Lipinski definition) is 2. The van der Waals surface area contributed by atoms with Gasteiger partial charge >= 0.3 is 0 Å². The Balaban J connectivity index is 2.38. The summed E-state index contributed by atoms with van der Waals surface area (Å²) in [7, 11) is 0. The molecule has 58 valence electrons. The summed E-state index contributed by atoms with van der Waals surface area (Å²) >= 11 is 0. The maximum atomic E-state index is 5.49. The Morgan fingerprint density at radius 2 is 2.40 bits per heavy atom. The molecule has 0 fully saturated rings. The average Bonchev–Trinajstić information content (AvgIpc) is 2.34. The summed E-state index contributed by atoms with van der Waals surface area (Å²) in [5.74, 6) is 0.557. The summed E-state index contributed by atoms with van der Waals surface area (Å²) in [6.07, 6.45) is 3.37. The Hall–Kier alpha value is -0.370. The maximum Gasteiger partial charge on any atom is 0.151 e. The highest BCUT2D eigenvalue weighted by Crippen LogP contribution is 2.17. The predicted molar refractivity (Wildman–Crippen MR) is 42.3 cm³/mol. The molecule has 0 bridgehead atoms. The van der Waals surface area contributed by atoms with Crippen LogP contribution in [0, 0.1) is 5.92 Å². The van der Waals surface area contributed by atoms with Crippen LogP contribution in [0.25, 0.3) is 0 Å². The molecule has 0 aliphatic carbocycles. The molecule has 2 nitrogen and oxygen atoms in total. The highest BCUT2D eigenvalue weighted by atomic mass is 16.5. The van der Waals surface area contributed by atoms with Gasteiger partial charge in [0.2, 0.25) is 0 Å². The van der Waals surface area contributed by atoms with Crippen LogP contribution in [0.5, 0.6) is 0 Å². The fraction of sp³-hybridized carbons (Fsp3) is 0.875. The van der Waals surface area contributed by atoms with Gasteiger partial charge in [0.25, 0.3) is 0 Å². The van der Waals surface area contributed by atoms with Gasteiger partial charge in [0.05, 0.1) is 6.10 Å². The van der Waals surface area contributed by atoms with E-state index in [4.69, 9.17) is 4.74 Å². The van der Waals surface area contributed by atoms with Crippen LogP contribution in [0.1, 0.15) is 27.2 Å². The van der Waals surface area contributed by atoms with E-state index in [1.54, 1.807) is 0 Å². The quantitative estimate of drug-likeness (QED) is 0.575. The zero-order valence-corrected chi connectivity index (χ0v) is 6.87. The number of ether oxygens (including phenoxy) is 1. The molecule has 1 aliphatic heterocycles. The third-order valence-corrected chi connectivity index (χ3v) is 1.93. The minimum Gasteiger partial charge on any atom is -0.348 e. The van der Waals surface area contributed by atoms with Gasteiger partial charge in [-0.05, 0) is 13.3 Å². The van der Waals surface area contributed by atoms with Crippen molar-refractivity contribution in [3.8, 4) is 0 Å². The van der Waals surface area contributed by atoms with Crippen molar-refractivity contribution in [1.29, 1.82) is 0 Å². The average molecular weight is 141 g/mol. The van der Waals surface area contributed by atoms with Crippen LogP contribution < -0.4 is 0 Å². The Labute approximate surface area is 62.3 Å². The summed E-state index contributed by atoms with van der Waals surface area (Å²) in [5.41, 5.74) is 0. The number of rotatable bonds is 2. The van der Waals surface area contributed by atoms with Crippen LogP contribution in [-0.4, -0.2) is 18.5 Å². The van der Waals surface area contributed by atoms with Crippen molar-refractivity contribution in [2.45, 2.75) is 39.5 Å². The highest BCUT2D eigenvalue weighted by Gasteiger charge is 2.21. The van der Waals surface area contributed by atoms with Gasteiger partial charge in [-0.25, -0.2) is 0 Å². The van der Waals surface area contributed by atoms with E-state index < -0.39 is 0 Å². The summed E-state index contributed by atoms with van der Waals surface area (Å²) in [5, 5.41) is 0. The molecule has 0 aromatic carbocycles. The molecule has 2 heteroatoms. The largest absolute Gasteiger partial charge is 0.348 e. The molecule has 0 amide bonds. The lowest BCUT2D eigenvalue weighted by atomic mass is 10.1. The van der Waals surface area contributed by atoms with Crippen molar-refractivity contribution in [2.24, 2.45) is 10.9 Å². The third-order valence-electron chi connectivity index (χ3n) is 1.93. The van der Waals surface area contributed by atoms with E-state index in [-0.39, 0.29) is 12.3 Å². The SMILES string of the molecule is CCC(C)C1N=CC(C)O1. The number of hydrogen-bond donors (Lipinski definition) is 0. The first-order valence-electron chi connectivity index (χ1n) is 3.92. The van der Waals surface area contributed by atoms with Crippen molar-refractivity contribution >= 4 is 6.21 Å². The monoisotopic (exact) mass is 141 g/mol. The second kappa shape index (κ2) is 3.15. The van der Waals surface area contributed by atoms with E-state index in [1.165, 1.54) is 0 Å². The fourth-order valence-corrected chi connectivity index (χ4v) is 0.979. The standard InChI is InChI=1S/C8H15NO/c1-4-6(2)8-9-5-7(3)10-8/h5-8H,4H2,1-3H3. The Bertz CT molecular complexity index is 133. The van der Waals surface area contributed by atoms with E-state index >= 15 is 0 Å². The summed E-state index contributed by atoms with van der Waals surface area (Å²) in [6, 6.07) is 0. The molecule has 0 aromatic rings. The van der Waals surface area contributed by atoms with Gasteiger partial charge in [-0.3, -0.25) is 4.99 Å². The van der Waals surface area contributed by atoms with Crippen LogP contribution >= 0.6 is 0 Å². The first kappa shape index (κ1) is 7.73. The second-order valence-corrected chi connectivity index (χ2v) is 2.92. The minimum absolute atomic E-state index is 0.125. The molecule has 0 saturated carbocycles. The Kier molecular flexibility index (Phi) is 2.44. The molecule has 1 heterocycles. The van der Waals surface area contributed by atoms with E-state index in [0.29, 0.717) is 5.92 Å². The fourth-order valence-electron chi connectivity index (χ4n) is 0.979. The van der Waals surface area contributed by atoms with Crippen molar-refractivity contribution in [3.05, 3.63) is 0 Å². The highest BCUT2D eigenvalue weighted by molar-refractivity contribution is 5.64. The topological polar surface area (TPSA) is 21.6 Å². The lowest BCUT2D eigenvalue weighted by Gasteiger charge is -2.15. The van der Waals surface area contributed by atoms with Gasteiger partial charge in [0, 0.05) is 12.1 Å². The van der Waals surface area contributed by atoms with Crippen LogP contribution in [-0.2, 0) is 4.74 Å². The van der Waals surface area contributed by atoms with Gasteiger partial charge in [-0.2, -0.15) is 0 Å². The number of nitrogens with zero attached hydrogens (tertiary/aromatic N) is 1. The van der Waals surface area contributed by atoms with Crippen molar-refractivity contribution in [1.82, 2.24) is 0 Å². The van der Waals surface area contributed by atoms with Crippen molar-refractivity contribution < 1.29 is 4.74 Å². The Morgan fingerprint density at radius 3 is 2.80 bits per heavy atom. The van der Waals surface area contributed by atoms with Crippen LogP contribution in [0.4, 0.5) is 0 Å². The van der Waals surface area contributed by atoms with Crippen LogP contribution in [0.2, 0.25) is 0 Å². The first-order valence-corrected chi connectivity index (χ1v) is 3.92. The zero-order valence-electron chi connectivity index (χ0n) is 6.87. The van der Waals surface area contributed by atoms with Gasteiger partial charge in [0.15, 0.2) is 6.23 Å². The lowest BCUT2D eigenvalue weighted by molar-refractivity contribution is 0.0250. The molecular formula is C8H15NO. The van der Waals surface area contributed by atoms with Crippen molar-refractivity contribution in [2.75, 3.05) is 0 Å². The predicted octanol–water partition coefficient (Wildman–Crippen LogP) is 1.85. The lowest BCUT2D eigenvalue weighted by Crippen LogP contribution is -2.17. The smallest absolute Gasteiger partial charge is 0.151 e. The molecule has 0 saturated heterocycles. The minimum atomic E-state index is 0.125. The van der Waals surface area contributed by atoms with Gasteiger partial charge in [0.1, 0.15) is 0 Å². The van der Waals surface area contributed by atoms with Gasteiger partial charge < -0.3 is 4.74 Å². The summed E-state index contributed by atoms with van der Waals surface area (Å²) in [4.78, 5) is 4.24. The molecule has 0 N–H and O–H groups in total. The maximum absolute atomic E-state index is 5.49. The van der Waals surface area contributed by atoms with E-state index in [1.807, 2.05) is 13.1 Å². The van der Waals surface area contributed by atoms with Gasteiger partial charge in [-0.15, -0.1) is 0 Å². The molecule has 3 atom stereocenters. The molecule has 10 heavy (non-hydrogen) atoms. The molecule has 0 spiro atoms. The third kappa shape index (κ3) is 1.57. The Morgan fingerprint density at radius 1 is 1.70 bits per heavy atom. The molecule has 0 radical (unpaired) electrons. The normalized spacial score (nSPS) is 34.7. The molecular weight excluding hydrogens is 126 g/mol. The zero-order chi connectivity index (χ0) is 7.56. The second-order valence-electron chi connectivity index (χ2n) is 2.92. The number of aliphatic imine (C=N–C) groups is 1. The van der Waals surface area contributed by atoms with Crippen LogP contribution in [0.15, 0.2) is 4.99 Å². The van der Waals surface area contributed by atoms with E-state index in [0.717, 1.165) is 6.42 Å². The molecule has 3 unspecified atom stereocenters. The summed E-state index contributed by atoms with van der Waals surface area (Å²) < 4.78 is 5.49. The van der Waals surface area contributed by atoms with E-state index in [2.05, 4.69) is 18.8 Å². The summed E-state index contributed by atoms with van der Waals surface area (Å²) in [6.45, 7) is 6.35. The molecule has 0 aromatic heterocycles.